The predicted octanol–water partition coefficient (Wildman–Crippen LogP) is -0.382. The average molecular weight is 405 g/mol. The van der Waals surface area contributed by atoms with Gasteiger partial charge in [0, 0.05) is 13.0 Å². The van der Waals surface area contributed by atoms with Gasteiger partial charge in [-0.1, -0.05) is 0 Å². The first kappa shape index (κ1) is 19.8. The molecule has 3 rings (SSSR count). The second-order valence-electron chi connectivity index (χ2n) is 8.11. The van der Waals surface area contributed by atoms with Crippen molar-refractivity contribution >= 4 is 28.3 Å². The minimum atomic E-state index is -4.99. The highest BCUT2D eigenvalue weighted by Crippen LogP contribution is 2.47. The molecule has 2 bridgehead atoms. The lowest BCUT2D eigenvalue weighted by Crippen LogP contribution is -2.55. The van der Waals surface area contributed by atoms with Crippen LogP contribution in [0.5, 0.6) is 0 Å². The van der Waals surface area contributed by atoms with E-state index >= 15 is 0 Å². The standard InChI is InChI=1S/C15H23N3O8S/c1-14(2)7-15(3,12(20)25-14)11(26-27(22,23)24)18-8-4-5-9(10(16)19)17(6-8)13(18)21/h8-9,11H,4-7H2,1-3H3,(H2,16,19)(H,22,23,24). The van der Waals surface area contributed by atoms with Crippen molar-refractivity contribution < 1.29 is 36.3 Å². The Hall–Kier alpha value is -1.92. The van der Waals surface area contributed by atoms with Crippen molar-refractivity contribution in [1.29, 1.82) is 0 Å². The van der Waals surface area contributed by atoms with Gasteiger partial charge in [0.15, 0.2) is 6.23 Å². The Labute approximate surface area is 156 Å². The van der Waals surface area contributed by atoms with E-state index in [1.165, 1.54) is 11.8 Å². The number of piperidine rings is 1. The molecule has 0 radical (unpaired) electrons. The molecule has 3 heterocycles. The molecule has 152 valence electrons. The molecule has 11 nitrogen and oxygen atoms in total. The number of hydrogen-bond acceptors (Lipinski definition) is 7. The molecule has 27 heavy (non-hydrogen) atoms. The number of cyclic esters (lactones) is 1. The highest BCUT2D eigenvalue weighted by molar-refractivity contribution is 7.80. The molecule has 12 heteroatoms. The quantitative estimate of drug-likeness (QED) is 0.463. The molecular weight excluding hydrogens is 382 g/mol. The first-order valence-corrected chi connectivity index (χ1v) is 9.89. The van der Waals surface area contributed by atoms with Gasteiger partial charge in [0.25, 0.3) is 0 Å². The summed E-state index contributed by atoms with van der Waals surface area (Å²) in [5.74, 6) is -1.40. The number of amides is 3. The third kappa shape index (κ3) is 3.36. The van der Waals surface area contributed by atoms with Gasteiger partial charge < -0.3 is 15.4 Å². The molecule has 3 N–H and O–H groups in total. The summed E-state index contributed by atoms with van der Waals surface area (Å²) in [5.41, 5.74) is 2.92. The van der Waals surface area contributed by atoms with Gasteiger partial charge in [0.2, 0.25) is 5.91 Å². The number of urea groups is 1. The van der Waals surface area contributed by atoms with Gasteiger partial charge in [0.1, 0.15) is 17.1 Å². The molecule has 3 saturated heterocycles. The Balaban J connectivity index is 2.01. The summed E-state index contributed by atoms with van der Waals surface area (Å²) < 4.78 is 42.4. The fourth-order valence-corrected chi connectivity index (χ4v) is 4.94. The van der Waals surface area contributed by atoms with Crippen molar-refractivity contribution in [2.24, 2.45) is 11.1 Å². The fraction of sp³-hybridized carbons (Fsp3) is 0.800. The van der Waals surface area contributed by atoms with Crippen LogP contribution in [0, 0.1) is 5.41 Å². The van der Waals surface area contributed by atoms with E-state index in [1.54, 1.807) is 13.8 Å². The maximum absolute atomic E-state index is 12.9. The van der Waals surface area contributed by atoms with Crippen LogP contribution in [0.2, 0.25) is 0 Å². The first-order chi connectivity index (χ1) is 12.3. The highest BCUT2D eigenvalue weighted by Gasteiger charge is 2.62. The Morgan fingerprint density at radius 2 is 1.96 bits per heavy atom. The van der Waals surface area contributed by atoms with Crippen molar-refractivity contribution in [3.63, 3.8) is 0 Å². The zero-order chi connectivity index (χ0) is 20.4. The molecule has 0 aromatic heterocycles. The predicted molar refractivity (Wildman–Crippen MR) is 89.3 cm³/mol. The number of esters is 1. The average Bonchev–Trinajstić information content (AvgIpc) is 2.86. The zero-order valence-electron chi connectivity index (χ0n) is 15.2. The molecule has 4 unspecified atom stereocenters. The fourth-order valence-electron chi connectivity index (χ4n) is 4.41. The topological polar surface area (TPSA) is 157 Å². The Morgan fingerprint density at radius 3 is 2.44 bits per heavy atom. The maximum atomic E-state index is 12.9. The molecule has 3 aliphatic heterocycles. The normalized spacial score (nSPS) is 33.9. The van der Waals surface area contributed by atoms with Gasteiger partial charge in [0.05, 0.1) is 6.04 Å². The first-order valence-electron chi connectivity index (χ1n) is 8.52. The summed E-state index contributed by atoms with van der Waals surface area (Å²) in [5, 5.41) is 0. The van der Waals surface area contributed by atoms with Crippen LogP contribution in [0.1, 0.15) is 40.0 Å². The van der Waals surface area contributed by atoms with Crippen LogP contribution in [0.3, 0.4) is 0 Å². The molecule has 0 aromatic carbocycles. The van der Waals surface area contributed by atoms with Crippen molar-refractivity contribution in [1.82, 2.24) is 9.80 Å². The monoisotopic (exact) mass is 405 g/mol. The van der Waals surface area contributed by atoms with Gasteiger partial charge in [-0.05, 0) is 33.6 Å². The van der Waals surface area contributed by atoms with Crippen LogP contribution in [0.15, 0.2) is 0 Å². The largest absolute Gasteiger partial charge is 0.459 e. The van der Waals surface area contributed by atoms with E-state index in [1.807, 2.05) is 0 Å². The van der Waals surface area contributed by atoms with E-state index in [2.05, 4.69) is 0 Å². The van der Waals surface area contributed by atoms with Crippen LogP contribution < -0.4 is 5.73 Å². The van der Waals surface area contributed by atoms with Crippen LogP contribution in [0.4, 0.5) is 4.79 Å². The summed E-state index contributed by atoms with van der Waals surface area (Å²) in [6.07, 6.45) is -0.867. The van der Waals surface area contributed by atoms with E-state index < -0.39 is 57.6 Å². The van der Waals surface area contributed by atoms with Crippen LogP contribution in [-0.4, -0.2) is 71.1 Å². The highest BCUT2D eigenvalue weighted by atomic mass is 32.3. The van der Waals surface area contributed by atoms with E-state index in [4.69, 9.17) is 14.7 Å². The molecule has 0 spiro atoms. The molecule has 0 saturated carbocycles. The Morgan fingerprint density at radius 1 is 1.33 bits per heavy atom. The van der Waals surface area contributed by atoms with Gasteiger partial charge in [-0.2, -0.15) is 8.42 Å². The van der Waals surface area contributed by atoms with E-state index in [9.17, 15) is 27.4 Å². The van der Waals surface area contributed by atoms with Gasteiger partial charge >= 0.3 is 22.4 Å². The van der Waals surface area contributed by atoms with Crippen molar-refractivity contribution in [3.8, 4) is 0 Å². The number of carbonyl (C=O) groups is 3. The number of nitrogens with zero attached hydrogens (tertiary/aromatic N) is 2. The lowest BCUT2D eigenvalue weighted by atomic mass is 9.80. The van der Waals surface area contributed by atoms with E-state index in [0.717, 1.165) is 4.90 Å². The number of nitrogens with two attached hydrogens (primary N) is 1. The van der Waals surface area contributed by atoms with Crippen LogP contribution in [-0.2, 0) is 28.9 Å². The van der Waals surface area contributed by atoms with Crippen molar-refractivity contribution in [2.45, 2.75) is 63.9 Å². The minimum absolute atomic E-state index is 0.0643. The second kappa shape index (κ2) is 6.04. The number of carbonyl (C=O) groups excluding carboxylic acids is 3. The number of hydrogen-bond donors (Lipinski definition) is 2. The summed E-state index contributed by atoms with van der Waals surface area (Å²) in [7, 11) is -4.99. The Kier molecular flexibility index (Phi) is 4.44. The van der Waals surface area contributed by atoms with Gasteiger partial charge in [-0.3, -0.25) is 19.0 Å². The van der Waals surface area contributed by atoms with Crippen molar-refractivity contribution in [2.75, 3.05) is 6.54 Å². The van der Waals surface area contributed by atoms with E-state index in [-0.39, 0.29) is 13.0 Å². The Bertz CT molecular complexity index is 797. The molecule has 4 atom stereocenters. The van der Waals surface area contributed by atoms with E-state index in [0.29, 0.717) is 12.8 Å². The van der Waals surface area contributed by atoms with Crippen LogP contribution >= 0.6 is 0 Å². The maximum Gasteiger partial charge on any atom is 0.399 e. The number of fused-ring (bicyclic) bond motifs is 2. The zero-order valence-corrected chi connectivity index (χ0v) is 16.1. The number of ether oxygens (including phenoxy) is 1. The summed E-state index contributed by atoms with van der Waals surface area (Å²) in [4.78, 5) is 39.5. The van der Waals surface area contributed by atoms with Gasteiger partial charge in [-0.25, -0.2) is 8.98 Å². The third-order valence-corrected chi connectivity index (χ3v) is 5.81. The van der Waals surface area contributed by atoms with Gasteiger partial charge in [-0.15, -0.1) is 0 Å². The summed E-state index contributed by atoms with van der Waals surface area (Å²) in [6, 6.07) is -1.98. The molecular formula is C15H23N3O8S. The lowest BCUT2D eigenvalue weighted by molar-refractivity contribution is -0.159. The molecule has 0 aliphatic carbocycles. The SMILES string of the molecule is CC1(C)CC(C)(C(OS(=O)(=O)O)N2C(=O)N3CC2CCC3C(N)=O)C(=O)O1. The minimum Gasteiger partial charge on any atom is -0.459 e. The number of primary amides is 1. The second-order valence-corrected chi connectivity index (χ2v) is 9.16. The molecule has 0 aromatic rings. The third-order valence-electron chi connectivity index (χ3n) is 5.38. The molecule has 3 fully saturated rings. The summed E-state index contributed by atoms with van der Waals surface area (Å²) >= 11 is 0. The summed E-state index contributed by atoms with van der Waals surface area (Å²) in [6.45, 7) is 4.87. The smallest absolute Gasteiger partial charge is 0.399 e. The molecule has 3 amide bonds. The lowest BCUT2D eigenvalue weighted by Gasteiger charge is -2.37. The number of rotatable bonds is 5. The molecule has 3 aliphatic rings. The van der Waals surface area contributed by atoms with Crippen LogP contribution in [0.25, 0.3) is 0 Å². The van der Waals surface area contributed by atoms with Crippen molar-refractivity contribution in [3.05, 3.63) is 0 Å².